The lowest BCUT2D eigenvalue weighted by atomic mass is 9.84. The lowest BCUT2D eigenvalue weighted by molar-refractivity contribution is -0.189. The Hall–Kier alpha value is -1.06. The third-order valence-electron chi connectivity index (χ3n) is 3.50. The summed E-state index contributed by atoms with van der Waals surface area (Å²) in [5.74, 6) is -1.24. The fraction of sp³-hybridized carbons (Fsp3) is 0.615. The Morgan fingerprint density at radius 3 is 2.68 bits per heavy atom. The maximum atomic E-state index is 12.9. The predicted octanol–water partition coefficient (Wildman–Crippen LogP) is 3.83. The van der Waals surface area contributed by atoms with Gasteiger partial charge in [-0.3, -0.25) is 0 Å². The average Bonchev–Trinajstić information content (AvgIpc) is 2.83. The molecule has 0 saturated heterocycles. The van der Waals surface area contributed by atoms with Crippen LogP contribution >= 0.6 is 11.3 Å². The molecule has 0 radical (unpaired) electrons. The summed E-state index contributed by atoms with van der Waals surface area (Å²) in [6.45, 7) is 0.406. The fourth-order valence-electron chi connectivity index (χ4n) is 2.53. The summed E-state index contributed by atoms with van der Waals surface area (Å²) in [6.07, 6.45) is -1.83. The lowest BCUT2D eigenvalue weighted by Gasteiger charge is -2.33. The number of nitrogens with zero attached hydrogens (tertiary/aromatic N) is 1. The molecule has 1 aliphatic carbocycles. The Bertz CT molecular complexity index is 461. The Labute approximate surface area is 114 Å². The van der Waals surface area contributed by atoms with Gasteiger partial charge >= 0.3 is 6.18 Å². The highest BCUT2D eigenvalue weighted by molar-refractivity contribution is 7.12. The number of rotatable bonds is 3. The van der Waals surface area contributed by atoms with Crippen molar-refractivity contribution in [3.8, 4) is 6.07 Å². The Kier molecular flexibility index (Phi) is 4.48. The van der Waals surface area contributed by atoms with Gasteiger partial charge in [0.05, 0.1) is 5.92 Å². The largest absolute Gasteiger partial charge is 0.393 e. The second-order valence-electron chi connectivity index (χ2n) is 4.80. The smallest absolute Gasteiger partial charge is 0.308 e. The highest BCUT2D eigenvalue weighted by atomic mass is 32.1. The van der Waals surface area contributed by atoms with Gasteiger partial charge in [0.2, 0.25) is 0 Å². The Morgan fingerprint density at radius 2 is 2.05 bits per heavy atom. The summed E-state index contributed by atoms with van der Waals surface area (Å²) in [5.41, 5.74) is 0. The van der Waals surface area contributed by atoms with Crippen molar-refractivity contribution < 1.29 is 13.2 Å². The molecular weight excluding hydrogens is 273 g/mol. The summed E-state index contributed by atoms with van der Waals surface area (Å²) in [7, 11) is 0. The summed E-state index contributed by atoms with van der Waals surface area (Å²) in [4.78, 5) is 1.50. The number of alkyl halides is 3. The molecule has 1 saturated carbocycles. The molecule has 0 bridgehead atoms. The first-order chi connectivity index (χ1) is 9.00. The van der Waals surface area contributed by atoms with Gasteiger partial charge in [-0.05, 0) is 25.0 Å². The standard InChI is InChI=1S/C13H15F3N2S/c14-13(15,16)11-3-1-2-4-12(11)18-8-10-6-5-9(7-17)19-10/h5-6,11-12,18H,1-4,8H2. The molecule has 2 atom stereocenters. The number of thiophene rings is 1. The third-order valence-corrected chi connectivity index (χ3v) is 4.49. The van der Waals surface area contributed by atoms with Gasteiger partial charge in [0.25, 0.3) is 0 Å². The van der Waals surface area contributed by atoms with E-state index in [1.54, 1.807) is 12.1 Å². The number of halogens is 3. The molecule has 1 N–H and O–H groups in total. The normalized spacial score (nSPS) is 24.1. The molecule has 1 aromatic heterocycles. The van der Waals surface area contributed by atoms with Crippen molar-refractivity contribution in [2.75, 3.05) is 0 Å². The van der Waals surface area contributed by atoms with Crippen molar-refractivity contribution in [1.29, 1.82) is 5.26 Å². The lowest BCUT2D eigenvalue weighted by Crippen LogP contribution is -2.45. The van der Waals surface area contributed by atoms with Gasteiger partial charge < -0.3 is 5.32 Å². The van der Waals surface area contributed by atoms with Gasteiger partial charge in [0.15, 0.2) is 0 Å². The van der Waals surface area contributed by atoms with Crippen LogP contribution in [0.4, 0.5) is 13.2 Å². The molecule has 1 aromatic rings. The van der Waals surface area contributed by atoms with Gasteiger partial charge in [-0.25, -0.2) is 0 Å². The van der Waals surface area contributed by atoms with Gasteiger partial charge in [-0.2, -0.15) is 18.4 Å². The van der Waals surface area contributed by atoms with Crippen LogP contribution in [0.5, 0.6) is 0 Å². The van der Waals surface area contributed by atoms with Crippen LogP contribution in [-0.2, 0) is 6.54 Å². The van der Waals surface area contributed by atoms with Crippen LogP contribution in [0.2, 0.25) is 0 Å². The van der Waals surface area contributed by atoms with Crippen LogP contribution in [0.1, 0.15) is 35.4 Å². The number of hydrogen-bond acceptors (Lipinski definition) is 3. The molecule has 0 amide bonds. The summed E-state index contributed by atoms with van der Waals surface area (Å²) in [5, 5.41) is 11.7. The monoisotopic (exact) mass is 288 g/mol. The summed E-state index contributed by atoms with van der Waals surface area (Å²) >= 11 is 1.33. The molecule has 6 heteroatoms. The molecule has 0 aromatic carbocycles. The molecule has 0 spiro atoms. The first-order valence-electron chi connectivity index (χ1n) is 6.29. The van der Waals surface area contributed by atoms with E-state index in [1.165, 1.54) is 11.3 Å². The van der Waals surface area contributed by atoms with E-state index < -0.39 is 18.1 Å². The van der Waals surface area contributed by atoms with Crippen LogP contribution in [-0.4, -0.2) is 12.2 Å². The van der Waals surface area contributed by atoms with Crippen LogP contribution < -0.4 is 5.32 Å². The molecule has 2 unspecified atom stereocenters. The zero-order valence-electron chi connectivity index (χ0n) is 10.3. The minimum absolute atomic E-state index is 0.217. The van der Waals surface area contributed by atoms with Crippen LogP contribution in [0.3, 0.4) is 0 Å². The molecular formula is C13H15F3N2S. The first kappa shape index (κ1) is 14.4. The predicted molar refractivity (Wildman–Crippen MR) is 67.7 cm³/mol. The van der Waals surface area contributed by atoms with Gasteiger partial charge in [0, 0.05) is 17.5 Å². The first-order valence-corrected chi connectivity index (χ1v) is 7.11. The SMILES string of the molecule is N#Cc1ccc(CNC2CCCCC2C(F)(F)F)s1. The maximum Gasteiger partial charge on any atom is 0.393 e. The number of nitrogens with one attached hydrogen (secondary N) is 1. The highest BCUT2D eigenvalue weighted by Crippen LogP contribution is 2.37. The fourth-order valence-corrected chi connectivity index (χ4v) is 3.29. The highest BCUT2D eigenvalue weighted by Gasteiger charge is 2.45. The molecule has 1 aliphatic rings. The van der Waals surface area contributed by atoms with Crippen molar-refractivity contribution in [1.82, 2.24) is 5.32 Å². The molecule has 1 heterocycles. The van der Waals surface area contributed by atoms with Crippen molar-refractivity contribution in [3.05, 3.63) is 21.9 Å². The second-order valence-corrected chi connectivity index (χ2v) is 5.97. The zero-order chi connectivity index (χ0) is 13.9. The van der Waals surface area contributed by atoms with Crippen LogP contribution in [0, 0.1) is 17.2 Å². The van der Waals surface area contributed by atoms with Gasteiger partial charge in [0.1, 0.15) is 10.9 Å². The van der Waals surface area contributed by atoms with Crippen LogP contribution in [0.15, 0.2) is 12.1 Å². The van der Waals surface area contributed by atoms with E-state index >= 15 is 0 Å². The van der Waals surface area contributed by atoms with Crippen LogP contribution in [0.25, 0.3) is 0 Å². The Balaban J connectivity index is 1.95. The number of nitriles is 1. The van der Waals surface area contributed by atoms with E-state index in [9.17, 15) is 13.2 Å². The van der Waals surface area contributed by atoms with Gasteiger partial charge in [-0.15, -0.1) is 11.3 Å². The van der Waals surface area contributed by atoms with E-state index in [4.69, 9.17) is 5.26 Å². The van der Waals surface area contributed by atoms with Crippen molar-refractivity contribution in [2.24, 2.45) is 5.92 Å². The average molecular weight is 288 g/mol. The summed E-state index contributed by atoms with van der Waals surface area (Å²) in [6, 6.07) is 5.02. The number of hydrogen-bond donors (Lipinski definition) is 1. The van der Waals surface area contributed by atoms with E-state index in [-0.39, 0.29) is 6.42 Å². The van der Waals surface area contributed by atoms with E-state index in [0.717, 1.165) is 11.3 Å². The quantitative estimate of drug-likeness (QED) is 0.917. The molecule has 2 nitrogen and oxygen atoms in total. The molecule has 1 fully saturated rings. The summed E-state index contributed by atoms with van der Waals surface area (Å²) < 4.78 is 38.7. The third kappa shape index (κ3) is 3.71. The maximum absolute atomic E-state index is 12.9. The van der Waals surface area contributed by atoms with Crippen molar-refractivity contribution >= 4 is 11.3 Å². The van der Waals surface area contributed by atoms with Gasteiger partial charge in [-0.1, -0.05) is 12.8 Å². The van der Waals surface area contributed by atoms with E-state index in [2.05, 4.69) is 5.32 Å². The van der Waals surface area contributed by atoms with Crippen molar-refractivity contribution in [2.45, 2.75) is 44.4 Å². The molecule has 19 heavy (non-hydrogen) atoms. The molecule has 2 rings (SSSR count). The topological polar surface area (TPSA) is 35.8 Å². The van der Waals surface area contributed by atoms with E-state index in [0.29, 0.717) is 24.3 Å². The molecule has 0 aliphatic heterocycles. The second kappa shape index (κ2) is 5.93. The van der Waals surface area contributed by atoms with Crippen molar-refractivity contribution in [3.63, 3.8) is 0 Å². The zero-order valence-corrected chi connectivity index (χ0v) is 11.2. The minimum Gasteiger partial charge on any atom is -0.308 e. The molecule has 104 valence electrons. The Morgan fingerprint density at radius 1 is 1.32 bits per heavy atom. The van der Waals surface area contributed by atoms with E-state index in [1.807, 2.05) is 6.07 Å². The minimum atomic E-state index is -4.12.